The van der Waals surface area contributed by atoms with Gasteiger partial charge in [0.15, 0.2) is 0 Å². The van der Waals surface area contributed by atoms with Crippen LogP contribution < -0.4 is 10.6 Å². The topological polar surface area (TPSA) is 66.9 Å². The molecule has 0 bridgehead atoms. The van der Waals surface area contributed by atoms with Crippen molar-refractivity contribution in [2.24, 2.45) is 0 Å². The number of anilines is 2. The van der Waals surface area contributed by atoms with Crippen LogP contribution in [0.4, 0.5) is 11.5 Å². The van der Waals surface area contributed by atoms with Crippen molar-refractivity contribution in [3.63, 3.8) is 0 Å². The summed E-state index contributed by atoms with van der Waals surface area (Å²) in [4.78, 5) is 21.0. The van der Waals surface area contributed by atoms with E-state index in [1.165, 1.54) is 0 Å². The molecule has 0 aliphatic heterocycles. The van der Waals surface area contributed by atoms with Crippen molar-refractivity contribution in [3.05, 3.63) is 82.8 Å². The molecule has 6 heteroatoms. The number of rotatable bonds is 6. The van der Waals surface area contributed by atoms with E-state index in [0.717, 1.165) is 11.3 Å². The molecule has 1 heterocycles. The van der Waals surface area contributed by atoms with Crippen molar-refractivity contribution < 1.29 is 4.79 Å². The first-order chi connectivity index (χ1) is 12.6. The number of nitrogens with one attached hydrogen (secondary N) is 2. The van der Waals surface area contributed by atoms with E-state index in [9.17, 15) is 4.79 Å². The summed E-state index contributed by atoms with van der Waals surface area (Å²) in [6.45, 7) is 2.27. The second-order valence-electron chi connectivity index (χ2n) is 5.81. The molecule has 3 rings (SSSR count). The molecule has 0 fully saturated rings. The van der Waals surface area contributed by atoms with Crippen LogP contribution in [-0.4, -0.2) is 22.4 Å². The van der Waals surface area contributed by atoms with Crippen LogP contribution in [0.2, 0.25) is 5.02 Å². The van der Waals surface area contributed by atoms with Crippen LogP contribution in [0.25, 0.3) is 0 Å². The summed E-state index contributed by atoms with van der Waals surface area (Å²) in [5.74, 6) is 0.892. The lowest BCUT2D eigenvalue weighted by Crippen LogP contribution is -2.27. The first-order valence-electron chi connectivity index (χ1n) is 8.30. The number of benzene rings is 2. The highest BCUT2D eigenvalue weighted by molar-refractivity contribution is 6.30. The number of carbonyl (C=O) groups excluding carboxylic acids is 1. The molecule has 0 aliphatic rings. The van der Waals surface area contributed by atoms with Gasteiger partial charge in [0.1, 0.15) is 17.3 Å². The summed E-state index contributed by atoms with van der Waals surface area (Å²) < 4.78 is 0. The molecule has 0 atom stereocenters. The van der Waals surface area contributed by atoms with Gasteiger partial charge in [-0.15, -0.1) is 0 Å². The Morgan fingerprint density at radius 3 is 2.62 bits per heavy atom. The standard InChI is InChI=1S/C20H19ClN4O/c1-14-23-18(13-19(24-14)25-17-8-3-2-4-9-17)20(26)22-11-10-15-6-5-7-16(21)12-15/h2-9,12-13H,10-11H2,1H3,(H,22,26)(H,23,24,25). The molecule has 0 radical (unpaired) electrons. The lowest BCUT2D eigenvalue weighted by Gasteiger charge is -2.09. The molecule has 3 aromatic rings. The molecule has 132 valence electrons. The normalized spacial score (nSPS) is 10.4. The van der Waals surface area contributed by atoms with Crippen LogP contribution >= 0.6 is 11.6 Å². The molecule has 0 saturated carbocycles. The monoisotopic (exact) mass is 366 g/mol. The second kappa shape index (κ2) is 8.45. The number of halogens is 1. The van der Waals surface area contributed by atoms with Gasteiger partial charge in [0.2, 0.25) is 0 Å². The Morgan fingerprint density at radius 2 is 1.85 bits per heavy atom. The van der Waals surface area contributed by atoms with Gasteiger partial charge in [-0.3, -0.25) is 4.79 Å². The van der Waals surface area contributed by atoms with Crippen molar-refractivity contribution in [2.45, 2.75) is 13.3 Å². The summed E-state index contributed by atoms with van der Waals surface area (Å²) in [5, 5.41) is 6.76. The third-order valence-electron chi connectivity index (χ3n) is 3.71. The number of para-hydroxylation sites is 1. The van der Waals surface area contributed by atoms with Crippen molar-refractivity contribution >= 4 is 29.0 Å². The minimum Gasteiger partial charge on any atom is -0.350 e. The van der Waals surface area contributed by atoms with Crippen LogP contribution in [0.3, 0.4) is 0 Å². The molecule has 0 aliphatic carbocycles. The molecule has 5 nitrogen and oxygen atoms in total. The number of carbonyl (C=O) groups is 1. The summed E-state index contributed by atoms with van der Waals surface area (Å²) in [6.07, 6.45) is 0.700. The van der Waals surface area contributed by atoms with E-state index in [4.69, 9.17) is 11.6 Å². The van der Waals surface area contributed by atoms with Gasteiger partial charge < -0.3 is 10.6 Å². The number of hydrogen-bond donors (Lipinski definition) is 2. The van der Waals surface area contributed by atoms with Gasteiger partial charge in [-0.25, -0.2) is 9.97 Å². The first kappa shape index (κ1) is 17.9. The minimum absolute atomic E-state index is 0.228. The Labute approximate surface area is 157 Å². The van der Waals surface area contributed by atoms with Crippen LogP contribution in [0, 0.1) is 6.92 Å². The Hall–Kier alpha value is -2.92. The maximum absolute atomic E-state index is 12.4. The van der Waals surface area contributed by atoms with E-state index < -0.39 is 0 Å². The van der Waals surface area contributed by atoms with Gasteiger partial charge in [0, 0.05) is 23.3 Å². The van der Waals surface area contributed by atoms with Crippen molar-refractivity contribution in [1.29, 1.82) is 0 Å². The number of aryl methyl sites for hydroxylation is 1. The predicted molar refractivity (Wildman–Crippen MR) is 104 cm³/mol. The predicted octanol–water partition coefficient (Wildman–Crippen LogP) is 4.15. The first-order valence-corrected chi connectivity index (χ1v) is 8.68. The van der Waals surface area contributed by atoms with E-state index in [2.05, 4.69) is 20.6 Å². The quantitative estimate of drug-likeness (QED) is 0.687. The third kappa shape index (κ3) is 5.04. The fourth-order valence-corrected chi connectivity index (χ4v) is 2.73. The third-order valence-corrected chi connectivity index (χ3v) is 3.94. The van der Waals surface area contributed by atoms with Crippen LogP contribution in [0.15, 0.2) is 60.7 Å². The lowest BCUT2D eigenvalue weighted by atomic mass is 10.1. The Bertz CT molecular complexity index is 899. The zero-order valence-electron chi connectivity index (χ0n) is 14.4. The molecular formula is C20H19ClN4O. The maximum Gasteiger partial charge on any atom is 0.270 e. The second-order valence-corrected chi connectivity index (χ2v) is 6.25. The lowest BCUT2D eigenvalue weighted by molar-refractivity contribution is 0.0949. The van der Waals surface area contributed by atoms with Crippen molar-refractivity contribution in [3.8, 4) is 0 Å². The Morgan fingerprint density at radius 1 is 1.04 bits per heavy atom. The zero-order chi connectivity index (χ0) is 18.4. The average Bonchev–Trinajstić information content (AvgIpc) is 2.62. The van der Waals surface area contributed by atoms with Gasteiger partial charge in [0.05, 0.1) is 0 Å². The SMILES string of the molecule is Cc1nc(Nc2ccccc2)cc(C(=O)NCCc2cccc(Cl)c2)n1. The minimum atomic E-state index is -0.228. The Balaban J connectivity index is 1.63. The van der Waals surface area contributed by atoms with E-state index in [0.29, 0.717) is 35.3 Å². The zero-order valence-corrected chi connectivity index (χ0v) is 15.1. The summed E-state index contributed by atoms with van der Waals surface area (Å²) in [5.41, 5.74) is 2.31. The van der Waals surface area contributed by atoms with E-state index in [-0.39, 0.29) is 5.91 Å². The molecule has 0 saturated heterocycles. The number of aromatic nitrogens is 2. The summed E-state index contributed by atoms with van der Waals surface area (Å²) >= 11 is 5.97. The summed E-state index contributed by atoms with van der Waals surface area (Å²) in [6, 6.07) is 18.9. The van der Waals surface area contributed by atoms with Crippen LogP contribution in [-0.2, 0) is 6.42 Å². The number of nitrogens with zero attached hydrogens (tertiary/aromatic N) is 2. The smallest absolute Gasteiger partial charge is 0.270 e. The largest absolute Gasteiger partial charge is 0.350 e. The highest BCUT2D eigenvalue weighted by Crippen LogP contribution is 2.15. The molecule has 0 spiro atoms. The highest BCUT2D eigenvalue weighted by Gasteiger charge is 2.10. The number of hydrogen-bond acceptors (Lipinski definition) is 4. The number of amides is 1. The maximum atomic E-state index is 12.4. The molecule has 2 aromatic carbocycles. The molecule has 1 amide bonds. The van der Waals surface area contributed by atoms with E-state index in [1.807, 2.05) is 54.6 Å². The summed E-state index contributed by atoms with van der Waals surface area (Å²) in [7, 11) is 0. The highest BCUT2D eigenvalue weighted by atomic mass is 35.5. The molecule has 0 unspecified atom stereocenters. The van der Waals surface area contributed by atoms with Gasteiger partial charge in [-0.05, 0) is 43.2 Å². The van der Waals surface area contributed by atoms with E-state index in [1.54, 1.807) is 13.0 Å². The van der Waals surface area contributed by atoms with Gasteiger partial charge in [-0.1, -0.05) is 41.9 Å². The van der Waals surface area contributed by atoms with E-state index >= 15 is 0 Å². The van der Waals surface area contributed by atoms with Gasteiger partial charge >= 0.3 is 0 Å². The van der Waals surface area contributed by atoms with Gasteiger partial charge in [-0.2, -0.15) is 0 Å². The van der Waals surface area contributed by atoms with Crippen molar-refractivity contribution in [1.82, 2.24) is 15.3 Å². The average molecular weight is 367 g/mol. The molecule has 1 aromatic heterocycles. The molecule has 26 heavy (non-hydrogen) atoms. The fraction of sp³-hybridized carbons (Fsp3) is 0.150. The fourth-order valence-electron chi connectivity index (χ4n) is 2.52. The molecular weight excluding hydrogens is 348 g/mol. The van der Waals surface area contributed by atoms with Crippen LogP contribution in [0.5, 0.6) is 0 Å². The van der Waals surface area contributed by atoms with Gasteiger partial charge in [0.25, 0.3) is 5.91 Å². The van der Waals surface area contributed by atoms with Crippen molar-refractivity contribution in [2.75, 3.05) is 11.9 Å². The van der Waals surface area contributed by atoms with Crippen LogP contribution in [0.1, 0.15) is 21.9 Å². The molecule has 2 N–H and O–H groups in total. The Kier molecular flexibility index (Phi) is 5.81.